The number of aromatic nitrogens is 2. The molecule has 0 aliphatic heterocycles. The third-order valence-corrected chi connectivity index (χ3v) is 3.63. The summed E-state index contributed by atoms with van der Waals surface area (Å²) in [5.41, 5.74) is -1.20. The molecule has 1 N–H and O–H groups in total. The van der Waals surface area contributed by atoms with Crippen LogP contribution < -0.4 is 10.9 Å². The highest BCUT2D eigenvalue weighted by molar-refractivity contribution is 5.94. The molecule has 0 atom stereocenters. The predicted molar refractivity (Wildman–Crippen MR) is 93.8 cm³/mol. The summed E-state index contributed by atoms with van der Waals surface area (Å²) in [5, 5.41) is 6.21. The minimum atomic E-state index is -4.47. The molecule has 2 rings (SSSR count). The topological polar surface area (TPSA) is 90.3 Å². The molecule has 0 bridgehead atoms. The van der Waals surface area contributed by atoms with Gasteiger partial charge < -0.3 is 10.1 Å². The molecular formula is C18H18F3N3O4. The minimum Gasteiger partial charge on any atom is -0.451 e. The number of aryl methyl sites for hydroxylation is 1. The van der Waals surface area contributed by atoms with Gasteiger partial charge in [-0.2, -0.15) is 18.3 Å². The number of benzene rings is 1. The number of anilines is 1. The summed E-state index contributed by atoms with van der Waals surface area (Å²) in [6.07, 6.45) is -2.92. The number of rotatable bonds is 7. The number of unbranched alkanes of at least 4 members (excludes halogenated alkanes) is 1. The van der Waals surface area contributed by atoms with Crippen LogP contribution in [0, 0.1) is 0 Å². The Bertz CT molecular complexity index is 892. The highest BCUT2D eigenvalue weighted by Crippen LogP contribution is 2.29. The Morgan fingerprint density at radius 3 is 2.43 bits per heavy atom. The van der Waals surface area contributed by atoms with Gasteiger partial charge >= 0.3 is 12.1 Å². The molecular weight excluding hydrogens is 379 g/mol. The molecule has 1 amide bonds. The lowest BCUT2D eigenvalue weighted by Gasteiger charge is -2.09. The van der Waals surface area contributed by atoms with Gasteiger partial charge in [-0.25, -0.2) is 9.48 Å². The van der Waals surface area contributed by atoms with E-state index in [-0.39, 0.29) is 16.9 Å². The van der Waals surface area contributed by atoms with Crippen molar-refractivity contribution in [1.82, 2.24) is 9.78 Å². The SMILES string of the molecule is CCCCn1nc(C(=O)OCC(=O)Nc2ccc(C(F)(F)F)cc2)ccc1=O. The predicted octanol–water partition coefficient (Wildman–Crippen LogP) is 2.86. The fourth-order valence-electron chi connectivity index (χ4n) is 2.17. The molecule has 0 saturated heterocycles. The van der Waals surface area contributed by atoms with E-state index in [0.29, 0.717) is 13.0 Å². The second kappa shape index (κ2) is 9.16. The van der Waals surface area contributed by atoms with E-state index in [1.54, 1.807) is 0 Å². The maximum Gasteiger partial charge on any atom is 0.416 e. The van der Waals surface area contributed by atoms with Gasteiger partial charge in [-0.1, -0.05) is 13.3 Å². The fraction of sp³-hybridized carbons (Fsp3) is 0.333. The Kier molecular flexibility index (Phi) is 6.91. The maximum absolute atomic E-state index is 12.5. The van der Waals surface area contributed by atoms with Crippen LogP contribution >= 0.6 is 0 Å². The third-order valence-electron chi connectivity index (χ3n) is 3.63. The molecule has 28 heavy (non-hydrogen) atoms. The Morgan fingerprint density at radius 2 is 1.82 bits per heavy atom. The molecule has 7 nitrogen and oxygen atoms in total. The van der Waals surface area contributed by atoms with Crippen LogP contribution in [0.5, 0.6) is 0 Å². The first-order valence-electron chi connectivity index (χ1n) is 8.43. The highest BCUT2D eigenvalue weighted by Gasteiger charge is 2.30. The summed E-state index contributed by atoms with van der Waals surface area (Å²) < 4.78 is 43.5. The van der Waals surface area contributed by atoms with Gasteiger partial charge in [0.25, 0.3) is 11.5 Å². The van der Waals surface area contributed by atoms with Crippen molar-refractivity contribution in [2.45, 2.75) is 32.5 Å². The Balaban J connectivity index is 1.92. The first-order chi connectivity index (χ1) is 13.2. The van der Waals surface area contributed by atoms with Crippen LogP contribution in [0.15, 0.2) is 41.2 Å². The minimum absolute atomic E-state index is 0.125. The van der Waals surface area contributed by atoms with Gasteiger partial charge in [0, 0.05) is 18.3 Å². The van der Waals surface area contributed by atoms with Gasteiger partial charge in [-0.3, -0.25) is 9.59 Å². The van der Waals surface area contributed by atoms with E-state index in [1.165, 1.54) is 12.1 Å². The van der Waals surface area contributed by atoms with Crippen molar-refractivity contribution in [3.8, 4) is 0 Å². The zero-order valence-corrected chi connectivity index (χ0v) is 15.0. The lowest BCUT2D eigenvalue weighted by Crippen LogP contribution is -2.26. The van der Waals surface area contributed by atoms with Crippen LogP contribution in [0.4, 0.5) is 18.9 Å². The fourth-order valence-corrected chi connectivity index (χ4v) is 2.17. The molecule has 0 saturated carbocycles. The molecule has 1 heterocycles. The molecule has 0 unspecified atom stereocenters. The zero-order valence-electron chi connectivity index (χ0n) is 15.0. The molecule has 2 aromatic rings. The van der Waals surface area contributed by atoms with Crippen LogP contribution in [-0.2, 0) is 22.3 Å². The van der Waals surface area contributed by atoms with E-state index >= 15 is 0 Å². The van der Waals surface area contributed by atoms with Gasteiger partial charge in [-0.05, 0) is 36.8 Å². The van der Waals surface area contributed by atoms with Crippen LogP contribution in [0.1, 0.15) is 35.8 Å². The van der Waals surface area contributed by atoms with Crippen molar-refractivity contribution in [3.05, 3.63) is 58.0 Å². The number of esters is 1. The summed E-state index contributed by atoms with van der Waals surface area (Å²) in [7, 11) is 0. The number of carbonyl (C=O) groups is 2. The number of nitrogens with one attached hydrogen (secondary N) is 1. The number of carbonyl (C=O) groups excluding carboxylic acids is 2. The molecule has 1 aromatic carbocycles. The third kappa shape index (κ3) is 5.93. The lowest BCUT2D eigenvalue weighted by atomic mass is 10.2. The van der Waals surface area contributed by atoms with E-state index in [0.717, 1.165) is 35.4 Å². The number of hydrogen-bond donors (Lipinski definition) is 1. The largest absolute Gasteiger partial charge is 0.451 e. The number of nitrogens with zero attached hydrogens (tertiary/aromatic N) is 2. The number of halogens is 3. The smallest absolute Gasteiger partial charge is 0.416 e. The first-order valence-corrected chi connectivity index (χ1v) is 8.43. The Labute approximate surface area is 158 Å². The Hall–Kier alpha value is -3.17. The molecule has 1 aromatic heterocycles. The van der Waals surface area contributed by atoms with Crippen molar-refractivity contribution in [1.29, 1.82) is 0 Å². The van der Waals surface area contributed by atoms with Crippen molar-refractivity contribution in [3.63, 3.8) is 0 Å². The highest BCUT2D eigenvalue weighted by atomic mass is 19.4. The van der Waals surface area contributed by atoms with Crippen molar-refractivity contribution < 1.29 is 27.5 Å². The normalized spacial score (nSPS) is 11.1. The monoisotopic (exact) mass is 397 g/mol. The second-order valence-corrected chi connectivity index (χ2v) is 5.83. The van der Waals surface area contributed by atoms with Crippen LogP contribution in [0.25, 0.3) is 0 Å². The molecule has 0 radical (unpaired) electrons. The number of ether oxygens (including phenoxy) is 1. The van der Waals surface area contributed by atoms with E-state index < -0.39 is 30.2 Å². The van der Waals surface area contributed by atoms with Crippen LogP contribution in [-0.4, -0.2) is 28.3 Å². The summed E-state index contributed by atoms with van der Waals surface area (Å²) >= 11 is 0. The summed E-state index contributed by atoms with van der Waals surface area (Å²) in [6, 6.07) is 6.21. The van der Waals surface area contributed by atoms with E-state index in [1.807, 2.05) is 6.92 Å². The van der Waals surface area contributed by atoms with Gasteiger partial charge in [0.2, 0.25) is 0 Å². The van der Waals surface area contributed by atoms with Crippen molar-refractivity contribution in [2.24, 2.45) is 0 Å². The molecule has 150 valence electrons. The summed E-state index contributed by atoms with van der Waals surface area (Å²) in [6.45, 7) is 1.64. The van der Waals surface area contributed by atoms with Crippen LogP contribution in [0.2, 0.25) is 0 Å². The van der Waals surface area contributed by atoms with Gasteiger partial charge in [0.05, 0.1) is 5.56 Å². The molecule has 0 aliphatic rings. The number of hydrogen-bond acceptors (Lipinski definition) is 5. The summed E-state index contributed by atoms with van der Waals surface area (Å²) in [5.74, 6) is -1.62. The first kappa shape index (κ1) is 21.1. The van der Waals surface area contributed by atoms with Gasteiger partial charge in [-0.15, -0.1) is 0 Å². The number of amides is 1. The average molecular weight is 397 g/mol. The molecule has 0 spiro atoms. The van der Waals surface area contributed by atoms with Gasteiger partial charge in [0.1, 0.15) is 0 Å². The van der Waals surface area contributed by atoms with Crippen molar-refractivity contribution >= 4 is 17.6 Å². The van der Waals surface area contributed by atoms with Gasteiger partial charge in [0.15, 0.2) is 12.3 Å². The lowest BCUT2D eigenvalue weighted by molar-refractivity contribution is -0.137. The van der Waals surface area contributed by atoms with E-state index in [9.17, 15) is 27.6 Å². The molecule has 0 fully saturated rings. The standard InChI is InChI=1S/C18H18F3N3O4/c1-2-3-10-24-16(26)9-8-14(23-24)17(27)28-11-15(25)22-13-6-4-12(5-7-13)18(19,20)21/h4-9H,2-3,10-11H2,1H3,(H,22,25). The van der Waals surface area contributed by atoms with Crippen LogP contribution in [0.3, 0.4) is 0 Å². The summed E-state index contributed by atoms with van der Waals surface area (Å²) in [4.78, 5) is 35.5. The second-order valence-electron chi connectivity index (χ2n) is 5.83. The maximum atomic E-state index is 12.5. The quantitative estimate of drug-likeness (QED) is 0.726. The van der Waals surface area contributed by atoms with E-state index in [4.69, 9.17) is 4.74 Å². The molecule has 10 heteroatoms. The average Bonchev–Trinajstić information content (AvgIpc) is 2.65. The number of alkyl halides is 3. The van der Waals surface area contributed by atoms with E-state index in [2.05, 4.69) is 10.4 Å². The zero-order chi connectivity index (χ0) is 20.7. The Morgan fingerprint density at radius 1 is 1.14 bits per heavy atom. The molecule has 0 aliphatic carbocycles. The van der Waals surface area contributed by atoms with Crippen molar-refractivity contribution in [2.75, 3.05) is 11.9 Å².